The van der Waals surface area contributed by atoms with Crippen LogP contribution in [0.3, 0.4) is 0 Å². The van der Waals surface area contributed by atoms with Crippen molar-refractivity contribution in [1.82, 2.24) is 14.9 Å². The number of anilines is 2. The maximum atomic E-state index is 13.7. The van der Waals surface area contributed by atoms with Gasteiger partial charge in [-0.25, -0.2) is 4.39 Å². The lowest BCUT2D eigenvalue weighted by Gasteiger charge is -2.29. The molecule has 9 heteroatoms. The molecule has 4 aromatic rings. The number of ether oxygens (including phenoxy) is 1. The highest BCUT2D eigenvalue weighted by molar-refractivity contribution is 7.80. The van der Waals surface area contributed by atoms with Crippen molar-refractivity contribution in [2.45, 2.75) is 32.9 Å². The van der Waals surface area contributed by atoms with E-state index in [1.807, 2.05) is 43.3 Å². The van der Waals surface area contributed by atoms with Gasteiger partial charge in [0.05, 0.1) is 30.6 Å². The normalized spacial score (nSPS) is 16.9. The summed E-state index contributed by atoms with van der Waals surface area (Å²) in [5.41, 5.74) is 6.14. The molecule has 194 valence electrons. The number of benzene rings is 2. The van der Waals surface area contributed by atoms with Gasteiger partial charge in [-0.2, -0.15) is 0 Å². The SMILES string of the molecule is COc1ccc(N2C(=S)N[C@@H](c3ccccn3)[C@H]2c2cc(C)n(-c3ccc(F)cc3)c2C)cc1NC(C)=O. The zero-order valence-corrected chi connectivity index (χ0v) is 22.3. The largest absolute Gasteiger partial charge is 0.495 e. The van der Waals surface area contributed by atoms with Gasteiger partial charge in [-0.15, -0.1) is 0 Å². The van der Waals surface area contributed by atoms with Crippen LogP contribution in [-0.2, 0) is 4.79 Å². The molecule has 2 aromatic heterocycles. The Bertz CT molecular complexity index is 1500. The van der Waals surface area contributed by atoms with Crippen LogP contribution in [-0.4, -0.2) is 27.7 Å². The van der Waals surface area contributed by atoms with Gasteiger partial charge < -0.3 is 24.8 Å². The number of hydrogen-bond acceptors (Lipinski definition) is 4. The van der Waals surface area contributed by atoms with Crippen LogP contribution in [0, 0.1) is 19.7 Å². The number of carbonyl (C=O) groups excluding carboxylic acids is 1. The van der Waals surface area contributed by atoms with E-state index < -0.39 is 0 Å². The van der Waals surface area contributed by atoms with Crippen molar-refractivity contribution in [2.24, 2.45) is 0 Å². The Hall–Kier alpha value is -4.24. The lowest BCUT2D eigenvalue weighted by molar-refractivity contribution is -0.114. The van der Waals surface area contributed by atoms with Crippen LogP contribution in [0.1, 0.15) is 41.7 Å². The number of carbonyl (C=O) groups is 1. The van der Waals surface area contributed by atoms with Crippen LogP contribution in [0.2, 0.25) is 0 Å². The Morgan fingerprint density at radius 1 is 1.08 bits per heavy atom. The van der Waals surface area contributed by atoms with Crippen molar-refractivity contribution < 1.29 is 13.9 Å². The lowest BCUT2D eigenvalue weighted by Crippen LogP contribution is -2.29. The minimum Gasteiger partial charge on any atom is -0.495 e. The molecule has 0 unspecified atom stereocenters. The third-order valence-corrected chi connectivity index (χ3v) is 7.06. The molecule has 3 heterocycles. The molecule has 0 saturated carbocycles. The van der Waals surface area contributed by atoms with E-state index in [9.17, 15) is 9.18 Å². The first-order valence-electron chi connectivity index (χ1n) is 12.2. The first kappa shape index (κ1) is 25.4. The van der Waals surface area contributed by atoms with Gasteiger partial charge in [0.25, 0.3) is 0 Å². The van der Waals surface area contributed by atoms with Gasteiger partial charge in [0, 0.05) is 35.9 Å². The second-order valence-electron chi connectivity index (χ2n) is 9.20. The van der Waals surface area contributed by atoms with E-state index >= 15 is 0 Å². The Morgan fingerprint density at radius 2 is 1.82 bits per heavy atom. The molecule has 5 rings (SSSR count). The highest BCUT2D eigenvalue weighted by Crippen LogP contribution is 2.45. The fourth-order valence-corrected chi connectivity index (χ4v) is 5.50. The van der Waals surface area contributed by atoms with E-state index in [0.717, 1.165) is 34.0 Å². The Kier molecular flexibility index (Phi) is 6.86. The molecule has 0 bridgehead atoms. The predicted octanol–water partition coefficient (Wildman–Crippen LogP) is 5.77. The highest BCUT2D eigenvalue weighted by atomic mass is 32.1. The van der Waals surface area contributed by atoms with Gasteiger partial charge in [-0.05, 0) is 92.3 Å². The van der Waals surface area contributed by atoms with Gasteiger partial charge in [0.15, 0.2) is 5.11 Å². The molecule has 0 aliphatic carbocycles. The topological polar surface area (TPSA) is 71.4 Å². The van der Waals surface area contributed by atoms with Crippen molar-refractivity contribution in [3.8, 4) is 11.4 Å². The average molecular weight is 530 g/mol. The number of halogens is 1. The summed E-state index contributed by atoms with van der Waals surface area (Å²) in [5.74, 6) is 0.0697. The number of pyridine rings is 1. The molecule has 0 radical (unpaired) electrons. The van der Waals surface area contributed by atoms with E-state index in [-0.39, 0.29) is 23.8 Å². The fraction of sp³-hybridized carbons (Fsp3) is 0.207. The van der Waals surface area contributed by atoms with Crippen molar-refractivity contribution in [1.29, 1.82) is 0 Å². The average Bonchev–Trinajstić information content (AvgIpc) is 3.39. The maximum Gasteiger partial charge on any atom is 0.221 e. The quantitative estimate of drug-likeness (QED) is 0.309. The molecule has 1 aliphatic heterocycles. The number of thiocarbonyl (C=S) groups is 1. The van der Waals surface area contributed by atoms with E-state index in [2.05, 4.69) is 38.1 Å². The van der Waals surface area contributed by atoms with Gasteiger partial charge in [-0.1, -0.05) is 6.07 Å². The summed E-state index contributed by atoms with van der Waals surface area (Å²) in [4.78, 5) is 18.6. The van der Waals surface area contributed by atoms with E-state index in [1.54, 1.807) is 25.4 Å². The number of nitrogens with zero attached hydrogens (tertiary/aromatic N) is 3. The second kappa shape index (κ2) is 10.3. The summed E-state index contributed by atoms with van der Waals surface area (Å²) in [6, 6.07) is 19.5. The molecule has 2 atom stereocenters. The van der Waals surface area contributed by atoms with Crippen molar-refractivity contribution in [2.75, 3.05) is 17.3 Å². The number of methoxy groups -OCH3 is 1. The number of amides is 1. The van der Waals surface area contributed by atoms with E-state index in [4.69, 9.17) is 17.0 Å². The lowest BCUT2D eigenvalue weighted by atomic mass is 9.96. The zero-order chi connectivity index (χ0) is 27.0. The Labute approximate surface area is 226 Å². The third-order valence-electron chi connectivity index (χ3n) is 6.74. The molecule has 38 heavy (non-hydrogen) atoms. The number of rotatable bonds is 6. The number of aryl methyl sites for hydroxylation is 1. The van der Waals surface area contributed by atoms with Crippen molar-refractivity contribution >= 4 is 34.6 Å². The molecule has 2 aromatic carbocycles. The van der Waals surface area contributed by atoms with E-state index in [0.29, 0.717) is 16.5 Å². The van der Waals surface area contributed by atoms with Crippen LogP contribution in [0.5, 0.6) is 5.75 Å². The number of aromatic nitrogens is 2. The van der Waals surface area contributed by atoms with Gasteiger partial charge >= 0.3 is 0 Å². The molecule has 1 amide bonds. The molecule has 7 nitrogen and oxygen atoms in total. The second-order valence-corrected chi connectivity index (χ2v) is 9.59. The van der Waals surface area contributed by atoms with Crippen LogP contribution in [0.4, 0.5) is 15.8 Å². The monoisotopic (exact) mass is 529 g/mol. The maximum absolute atomic E-state index is 13.7. The Morgan fingerprint density at radius 3 is 2.47 bits per heavy atom. The first-order valence-corrected chi connectivity index (χ1v) is 12.6. The standard InChI is InChI=1S/C29H28FN5O2S/c1-17-15-23(18(2)34(17)21-10-8-20(30)9-11-21)28-27(24-7-5-6-14-31-24)33-29(38)35(28)22-12-13-26(37-4)25(16-22)32-19(3)36/h5-16,27-28H,1-4H3,(H,32,36)(H,33,38)/t27-,28+/m0/s1. The van der Waals surface area contributed by atoms with Crippen molar-refractivity contribution in [3.05, 3.63) is 101 Å². The molecule has 1 saturated heterocycles. The predicted molar refractivity (Wildman–Crippen MR) is 150 cm³/mol. The highest BCUT2D eigenvalue weighted by Gasteiger charge is 2.42. The molecule has 2 N–H and O–H groups in total. The summed E-state index contributed by atoms with van der Waals surface area (Å²) in [5, 5.41) is 6.86. The summed E-state index contributed by atoms with van der Waals surface area (Å²) in [6.45, 7) is 5.54. The third kappa shape index (κ3) is 4.61. The first-order chi connectivity index (χ1) is 18.3. The van der Waals surface area contributed by atoms with Crippen LogP contribution in [0.25, 0.3) is 5.69 Å². The summed E-state index contributed by atoms with van der Waals surface area (Å²) >= 11 is 5.88. The Balaban J connectivity index is 1.67. The minimum absolute atomic E-state index is 0.201. The number of hydrogen-bond donors (Lipinski definition) is 2. The summed E-state index contributed by atoms with van der Waals surface area (Å²) in [6.07, 6.45) is 1.77. The van der Waals surface area contributed by atoms with Crippen LogP contribution in [0.15, 0.2) is 72.9 Å². The molecular weight excluding hydrogens is 501 g/mol. The molecule has 1 aliphatic rings. The summed E-state index contributed by atoms with van der Waals surface area (Å²) in [7, 11) is 1.56. The van der Waals surface area contributed by atoms with Gasteiger partial charge in [0.2, 0.25) is 5.91 Å². The van der Waals surface area contributed by atoms with Crippen LogP contribution >= 0.6 is 12.2 Å². The van der Waals surface area contributed by atoms with E-state index in [1.165, 1.54) is 19.1 Å². The molecule has 0 spiro atoms. The smallest absolute Gasteiger partial charge is 0.221 e. The number of nitrogens with one attached hydrogen (secondary N) is 2. The van der Waals surface area contributed by atoms with Crippen molar-refractivity contribution in [3.63, 3.8) is 0 Å². The summed E-state index contributed by atoms with van der Waals surface area (Å²) < 4.78 is 21.2. The molecular formula is C29H28FN5O2S. The minimum atomic E-state index is -0.280. The van der Waals surface area contributed by atoms with Gasteiger partial charge in [0.1, 0.15) is 11.6 Å². The fourth-order valence-electron chi connectivity index (χ4n) is 5.16. The van der Waals surface area contributed by atoms with Gasteiger partial charge in [-0.3, -0.25) is 9.78 Å². The molecule has 1 fully saturated rings. The zero-order valence-electron chi connectivity index (χ0n) is 21.5. The van der Waals surface area contributed by atoms with Crippen LogP contribution < -0.4 is 20.3 Å².